The Morgan fingerprint density at radius 3 is 2.81 bits per heavy atom. The fraction of sp³-hybridized carbons (Fsp3) is 0.133. The van der Waals surface area contributed by atoms with Gasteiger partial charge in [0.15, 0.2) is 11.6 Å². The highest BCUT2D eigenvalue weighted by atomic mass is 79.9. The van der Waals surface area contributed by atoms with E-state index < -0.39 is 5.82 Å². The molecular formula is C15H11BrClFN2O. The van der Waals surface area contributed by atoms with Gasteiger partial charge in [-0.1, -0.05) is 15.9 Å². The lowest BCUT2D eigenvalue weighted by molar-refractivity contribution is 0.386. The molecule has 0 saturated carbocycles. The summed E-state index contributed by atoms with van der Waals surface area (Å²) in [6, 6.07) is 10.5. The average molecular weight is 370 g/mol. The second kappa shape index (κ2) is 5.66. The number of imidazole rings is 1. The number of benzene rings is 2. The molecule has 0 atom stereocenters. The van der Waals surface area contributed by atoms with Crippen LogP contribution in [0.4, 0.5) is 4.39 Å². The first kappa shape index (κ1) is 14.4. The van der Waals surface area contributed by atoms with E-state index in [4.69, 9.17) is 16.3 Å². The van der Waals surface area contributed by atoms with E-state index in [-0.39, 0.29) is 11.6 Å². The van der Waals surface area contributed by atoms with Crippen LogP contribution in [-0.2, 0) is 5.88 Å². The van der Waals surface area contributed by atoms with E-state index in [1.165, 1.54) is 13.2 Å². The van der Waals surface area contributed by atoms with E-state index >= 15 is 0 Å². The minimum atomic E-state index is -0.403. The first-order chi connectivity index (χ1) is 10.1. The normalized spacial score (nSPS) is 11.0. The van der Waals surface area contributed by atoms with Gasteiger partial charge in [-0.15, -0.1) is 11.6 Å². The summed E-state index contributed by atoms with van der Waals surface area (Å²) >= 11 is 9.45. The lowest BCUT2D eigenvalue weighted by Crippen LogP contribution is -2.00. The highest BCUT2D eigenvalue weighted by Gasteiger charge is 2.14. The van der Waals surface area contributed by atoms with Gasteiger partial charge in [0, 0.05) is 10.5 Å². The Labute approximate surface area is 134 Å². The Morgan fingerprint density at radius 2 is 2.10 bits per heavy atom. The molecule has 3 rings (SSSR count). The first-order valence-electron chi connectivity index (χ1n) is 6.21. The van der Waals surface area contributed by atoms with Crippen LogP contribution in [0.3, 0.4) is 0 Å². The Hall–Kier alpha value is -1.59. The van der Waals surface area contributed by atoms with Crippen molar-refractivity contribution in [2.75, 3.05) is 7.11 Å². The third kappa shape index (κ3) is 2.51. The van der Waals surface area contributed by atoms with Gasteiger partial charge in [0.05, 0.1) is 29.7 Å². The zero-order valence-corrected chi connectivity index (χ0v) is 13.4. The van der Waals surface area contributed by atoms with Crippen molar-refractivity contribution in [2.45, 2.75) is 5.88 Å². The van der Waals surface area contributed by atoms with E-state index in [2.05, 4.69) is 20.9 Å². The largest absolute Gasteiger partial charge is 0.494 e. The molecule has 0 amide bonds. The molecule has 2 aromatic carbocycles. The molecule has 0 aliphatic carbocycles. The molecule has 6 heteroatoms. The molecule has 0 spiro atoms. The van der Waals surface area contributed by atoms with Crippen molar-refractivity contribution in [3.05, 3.63) is 52.5 Å². The summed E-state index contributed by atoms with van der Waals surface area (Å²) in [4.78, 5) is 4.50. The predicted molar refractivity (Wildman–Crippen MR) is 84.8 cm³/mol. The minimum absolute atomic E-state index is 0.185. The summed E-state index contributed by atoms with van der Waals surface area (Å²) in [7, 11) is 1.44. The standard InChI is InChI=1S/C15H11BrClFN2O/c1-21-14-7-10(3-4-11(14)18)20-13-6-9(16)2-5-12(13)19-15(20)8-17/h2-7H,8H2,1H3. The first-order valence-corrected chi connectivity index (χ1v) is 7.53. The van der Waals surface area contributed by atoms with Crippen LogP contribution in [0.15, 0.2) is 40.9 Å². The molecule has 0 N–H and O–H groups in total. The molecular weight excluding hydrogens is 359 g/mol. The van der Waals surface area contributed by atoms with Gasteiger partial charge in [-0.2, -0.15) is 0 Å². The number of hydrogen-bond donors (Lipinski definition) is 0. The number of fused-ring (bicyclic) bond motifs is 1. The number of alkyl halides is 1. The number of aromatic nitrogens is 2. The van der Waals surface area contributed by atoms with Crippen LogP contribution in [-0.4, -0.2) is 16.7 Å². The van der Waals surface area contributed by atoms with Gasteiger partial charge < -0.3 is 4.74 Å². The van der Waals surface area contributed by atoms with Crippen LogP contribution in [0.5, 0.6) is 5.75 Å². The number of halogens is 3. The van der Waals surface area contributed by atoms with Crippen LogP contribution in [0, 0.1) is 5.82 Å². The SMILES string of the molecule is COc1cc(-n2c(CCl)nc3ccc(Br)cc32)ccc1F. The molecule has 0 aliphatic heterocycles. The molecule has 108 valence electrons. The van der Waals surface area contributed by atoms with Gasteiger partial charge >= 0.3 is 0 Å². The maximum absolute atomic E-state index is 13.6. The maximum Gasteiger partial charge on any atom is 0.165 e. The van der Waals surface area contributed by atoms with Crippen molar-refractivity contribution in [1.82, 2.24) is 9.55 Å². The Balaban J connectivity index is 2.30. The molecule has 0 radical (unpaired) electrons. The van der Waals surface area contributed by atoms with Crippen molar-refractivity contribution in [3.8, 4) is 11.4 Å². The quantitative estimate of drug-likeness (QED) is 0.627. The summed E-state index contributed by atoms with van der Waals surface area (Å²) in [5.41, 5.74) is 2.48. The van der Waals surface area contributed by atoms with Crippen molar-refractivity contribution >= 4 is 38.6 Å². The molecule has 21 heavy (non-hydrogen) atoms. The zero-order valence-electron chi connectivity index (χ0n) is 11.1. The third-order valence-electron chi connectivity index (χ3n) is 3.20. The summed E-state index contributed by atoms with van der Waals surface area (Å²) in [6.45, 7) is 0. The van der Waals surface area contributed by atoms with Gasteiger partial charge in [-0.3, -0.25) is 4.57 Å². The topological polar surface area (TPSA) is 27.1 Å². The summed E-state index contributed by atoms with van der Waals surface area (Å²) < 4.78 is 21.5. The second-order valence-electron chi connectivity index (χ2n) is 4.45. The maximum atomic E-state index is 13.6. The van der Waals surface area contributed by atoms with Crippen LogP contribution in [0.1, 0.15) is 5.82 Å². The Morgan fingerprint density at radius 1 is 1.29 bits per heavy atom. The Kier molecular flexibility index (Phi) is 3.87. The molecule has 3 nitrogen and oxygen atoms in total. The molecule has 0 bridgehead atoms. The van der Waals surface area contributed by atoms with E-state index in [1.807, 2.05) is 22.8 Å². The van der Waals surface area contributed by atoms with E-state index in [1.54, 1.807) is 12.1 Å². The van der Waals surface area contributed by atoms with Gasteiger partial charge in [0.2, 0.25) is 0 Å². The lowest BCUT2D eigenvalue weighted by atomic mass is 10.2. The number of ether oxygens (including phenoxy) is 1. The smallest absolute Gasteiger partial charge is 0.165 e. The van der Waals surface area contributed by atoms with Crippen molar-refractivity contribution in [3.63, 3.8) is 0 Å². The van der Waals surface area contributed by atoms with Gasteiger partial charge in [0.1, 0.15) is 5.82 Å². The highest BCUT2D eigenvalue weighted by Crippen LogP contribution is 2.28. The van der Waals surface area contributed by atoms with Crippen molar-refractivity contribution in [2.24, 2.45) is 0 Å². The lowest BCUT2D eigenvalue weighted by Gasteiger charge is -2.10. The average Bonchev–Trinajstić information content (AvgIpc) is 2.85. The fourth-order valence-corrected chi connectivity index (χ4v) is 2.79. The molecule has 1 heterocycles. The summed E-state index contributed by atoms with van der Waals surface area (Å²) in [5.74, 6) is 0.731. The summed E-state index contributed by atoms with van der Waals surface area (Å²) in [5, 5.41) is 0. The van der Waals surface area contributed by atoms with Gasteiger partial charge in [0.25, 0.3) is 0 Å². The monoisotopic (exact) mass is 368 g/mol. The Bertz CT molecular complexity index is 819. The number of nitrogens with zero attached hydrogens (tertiary/aromatic N) is 2. The second-order valence-corrected chi connectivity index (χ2v) is 5.63. The van der Waals surface area contributed by atoms with Crippen molar-refractivity contribution < 1.29 is 9.13 Å². The van der Waals surface area contributed by atoms with E-state index in [9.17, 15) is 4.39 Å². The highest BCUT2D eigenvalue weighted by molar-refractivity contribution is 9.10. The van der Waals surface area contributed by atoms with Crippen molar-refractivity contribution in [1.29, 1.82) is 0 Å². The van der Waals surface area contributed by atoms with Gasteiger partial charge in [-0.25, -0.2) is 9.37 Å². The zero-order chi connectivity index (χ0) is 15.0. The summed E-state index contributed by atoms with van der Waals surface area (Å²) in [6.07, 6.45) is 0. The number of hydrogen-bond acceptors (Lipinski definition) is 2. The molecule has 0 saturated heterocycles. The van der Waals surface area contributed by atoms with Crippen LogP contribution in [0.25, 0.3) is 16.7 Å². The third-order valence-corrected chi connectivity index (χ3v) is 3.93. The fourth-order valence-electron chi connectivity index (χ4n) is 2.26. The van der Waals surface area contributed by atoms with Crippen LogP contribution < -0.4 is 4.74 Å². The van der Waals surface area contributed by atoms with Crippen LogP contribution >= 0.6 is 27.5 Å². The predicted octanol–water partition coefficient (Wildman–Crippen LogP) is 4.67. The molecule has 3 aromatic rings. The molecule has 1 aromatic heterocycles. The minimum Gasteiger partial charge on any atom is -0.494 e. The molecule has 0 aliphatic rings. The van der Waals surface area contributed by atoms with E-state index in [0.29, 0.717) is 5.82 Å². The molecule has 0 unspecified atom stereocenters. The number of rotatable bonds is 3. The van der Waals surface area contributed by atoms with Gasteiger partial charge in [-0.05, 0) is 30.3 Å². The molecule has 0 fully saturated rings. The van der Waals surface area contributed by atoms with E-state index in [0.717, 1.165) is 21.2 Å². The van der Waals surface area contributed by atoms with Crippen LogP contribution in [0.2, 0.25) is 0 Å². The number of methoxy groups -OCH3 is 1.